The predicted octanol–water partition coefficient (Wildman–Crippen LogP) is 5.92. The fraction of sp³-hybridized carbons (Fsp3) is 0.379. The van der Waals surface area contributed by atoms with Gasteiger partial charge in [-0.1, -0.05) is 54.2 Å². The zero-order valence-corrected chi connectivity index (χ0v) is 20.5. The van der Waals surface area contributed by atoms with Crippen molar-refractivity contribution in [1.29, 1.82) is 0 Å². The first-order valence-corrected chi connectivity index (χ1v) is 13.2. The summed E-state index contributed by atoms with van der Waals surface area (Å²) in [7, 11) is 1.70. The highest BCUT2D eigenvalue weighted by Crippen LogP contribution is 2.53. The van der Waals surface area contributed by atoms with E-state index in [0.29, 0.717) is 0 Å². The van der Waals surface area contributed by atoms with E-state index in [1.165, 1.54) is 21.2 Å². The third kappa shape index (κ3) is 3.62. The number of para-hydroxylation sites is 3. The van der Waals surface area contributed by atoms with Crippen molar-refractivity contribution in [3.05, 3.63) is 78.4 Å². The quantitative estimate of drug-likeness (QED) is 0.482. The van der Waals surface area contributed by atoms with Gasteiger partial charge in [-0.25, -0.2) is 0 Å². The van der Waals surface area contributed by atoms with Crippen LogP contribution in [0.15, 0.2) is 82.6 Å². The molecular weight excluding hydrogens is 440 g/mol. The molecule has 6 rings (SSSR count). The van der Waals surface area contributed by atoms with Crippen LogP contribution in [-0.2, 0) is 5.60 Å². The zero-order valence-electron chi connectivity index (χ0n) is 19.7. The number of likely N-dealkylation sites (tertiary alicyclic amines) is 1. The van der Waals surface area contributed by atoms with Gasteiger partial charge in [0.05, 0.1) is 18.5 Å². The Morgan fingerprint density at radius 1 is 0.853 bits per heavy atom. The van der Waals surface area contributed by atoms with E-state index in [1.54, 1.807) is 7.11 Å². The van der Waals surface area contributed by atoms with E-state index >= 15 is 0 Å². The normalized spacial score (nSPS) is 25.6. The van der Waals surface area contributed by atoms with Crippen LogP contribution in [0.1, 0.15) is 24.8 Å². The van der Waals surface area contributed by atoms with Gasteiger partial charge in [-0.05, 0) is 56.1 Å². The fourth-order valence-electron chi connectivity index (χ4n) is 6.41. The molecule has 1 saturated carbocycles. The Labute approximate surface area is 206 Å². The molecule has 2 fully saturated rings. The standard InChI is InChI=1S/C29H32N2O2S/c1-33-26-12-5-2-9-23(26)29(32)21-15-16-22(29)20-30(19-21)17-8-18-31-24-10-3-6-13-27(24)34-28-14-7-4-11-25(28)31/h2-7,9-14,21-22,32H,8,15-20H2,1H3. The lowest BCUT2D eigenvalue weighted by Crippen LogP contribution is -2.52. The van der Waals surface area contributed by atoms with Gasteiger partial charge in [0.2, 0.25) is 0 Å². The Bertz CT molecular complexity index is 1120. The van der Waals surface area contributed by atoms with E-state index in [4.69, 9.17) is 4.74 Å². The van der Waals surface area contributed by atoms with Crippen molar-refractivity contribution < 1.29 is 9.84 Å². The van der Waals surface area contributed by atoms with Crippen LogP contribution in [0.3, 0.4) is 0 Å². The maximum atomic E-state index is 11.9. The minimum atomic E-state index is -0.773. The number of hydrogen-bond acceptors (Lipinski definition) is 5. The van der Waals surface area contributed by atoms with Gasteiger partial charge in [0, 0.05) is 46.8 Å². The number of anilines is 2. The lowest BCUT2D eigenvalue weighted by Gasteiger charge is -2.45. The van der Waals surface area contributed by atoms with E-state index in [0.717, 1.165) is 56.8 Å². The number of piperidine rings is 1. The van der Waals surface area contributed by atoms with Gasteiger partial charge in [-0.3, -0.25) is 0 Å². The third-order valence-electron chi connectivity index (χ3n) is 7.99. The number of nitrogens with zero attached hydrogens (tertiary/aromatic N) is 2. The van der Waals surface area contributed by atoms with E-state index in [1.807, 2.05) is 30.0 Å². The molecule has 3 aromatic rings. The molecule has 3 aromatic carbocycles. The zero-order chi connectivity index (χ0) is 23.1. The first kappa shape index (κ1) is 22.0. The molecule has 34 heavy (non-hydrogen) atoms. The molecule has 1 N–H and O–H groups in total. The number of fused-ring (bicyclic) bond motifs is 4. The number of ether oxygens (including phenoxy) is 1. The summed E-state index contributed by atoms with van der Waals surface area (Å²) < 4.78 is 5.62. The van der Waals surface area contributed by atoms with Crippen LogP contribution in [0.2, 0.25) is 0 Å². The van der Waals surface area contributed by atoms with Crippen molar-refractivity contribution in [2.75, 3.05) is 38.2 Å². The van der Waals surface area contributed by atoms with Crippen molar-refractivity contribution in [1.82, 2.24) is 4.90 Å². The van der Waals surface area contributed by atoms with Crippen molar-refractivity contribution >= 4 is 23.1 Å². The topological polar surface area (TPSA) is 35.9 Å². The van der Waals surface area contributed by atoms with Gasteiger partial charge in [-0.15, -0.1) is 0 Å². The molecule has 0 spiro atoms. The first-order chi connectivity index (χ1) is 16.7. The van der Waals surface area contributed by atoms with Crippen LogP contribution < -0.4 is 9.64 Å². The minimum Gasteiger partial charge on any atom is -0.496 e. The van der Waals surface area contributed by atoms with Crippen molar-refractivity contribution in [3.8, 4) is 5.75 Å². The third-order valence-corrected chi connectivity index (χ3v) is 9.12. The molecular formula is C29H32N2O2S. The number of hydrogen-bond donors (Lipinski definition) is 1. The molecule has 0 radical (unpaired) electrons. The van der Waals surface area contributed by atoms with Gasteiger partial charge >= 0.3 is 0 Å². The number of benzene rings is 3. The van der Waals surface area contributed by atoms with Crippen LogP contribution in [0.25, 0.3) is 0 Å². The van der Waals surface area contributed by atoms with Crippen LogP contribution >= 0.6 is 11.8 Å². The molecule has 2 heterocycles. The molecule has 3 aliphatic rings. The average Bonchev–Trinajstić information content (AvgIpc) is 3.04. The monoisotopic (exact) mass is 472 g/mol. The molecule has 0 aromatic heterocycles. The van der Waals surface area contributed by atoms with Crippen molar-refractivity contribution in [3.63, 3.8) is 0 Å². The maximum absolute atomic E-state index is 11.9. The second-order valence-corrected chi connectivity index (χ2v) is 10.9. The summed E-state index contributed by atoms with van der Waals surface area (Å²) in [6.07, 6.45) is 3.26. The SMILES string of the molecule is COc1ccccc1C1(O)C2CCC1CN(CCCN1c3ccccc3Sc3ccccc31)C2. The van der Waals surface area contributed by atoms with Crippen LogP contribution in [0.5, 0.6) is 5.75 Å². The largest absolute Gasteiger partial charge is 0.496 e. The summed E-state index contributed by atoms with van der Waals surface area (Å²) in [5, 5.41) is 11.9. The highest BCUT2D eigenvalue weighted by Gasteiger charge is 2.54. The Balaban J connectivity index is 1.15. The van der Waals surface area contributed by atoms with Crippen LogP contribution in [-0.4, -0.2) is 43.3 Å². The second-order valence-electron chi connectivity index (χ2n) is 9.80. The highest BCUT2D eigenvalue weighted by atomic mass is 32.2. The van der Waals surface area contributed by atoms with E-state index in [9.17, 15) is 5.11 Å². The minimum absolute atomic E-state index is 0.260. The highest BCUT2D eigenvalue weighted by molar-refractivity contribution is 7.99. The van der Waals surface area contributed by atoms with Gasteiger partial charge < -0.3 is 19.6 Å². The van der Waals surface area contributed by atoms with Crippen LogP contribution in [0.4, 0.5) is 11.4 Å². The number of rotatable bonds is 6. The summed E-state index contributed by atoms with van der Waals surface area (Å²) in [4.78, 5) is 7.74. The summed E-state index contributed by atoms with van der Waals surface area (Å²) in [6, 6.07) is 25.5. The van der Waals surface area contributed by atoms with Crippen molar-refractivity contribution in [2.24, 2.45) is 11.8 Å². The fourth-order valence-corrected chi connectivity index (χ4v) is 7.50. The van der Waals surface area contributed by atoms with Gasteiger partial charge in [-0.2, -0.15) is 0 Å². The molecule has 176 valence electrons. The van der Waals surface area contributed by atoms with Crippen LogP contribution in [0, 0.1) is 11.8 Å². The smallest absolute Gasteiger partial charge is 0.124 e. The van der Waals surface area contributed by atoms with Gasteiger partial charge in [0.15, 0.2) is 0 Å². The Kier molecular flexibility index (Phi) is 5.80. The summed E-state index contributed by atoms with van der Waals surface area (Å²) in [6.45, 7) is 3.96. The Hall–Kier alpha value is -2.47. The summed E-state index contributed by atoms with van der Waals surface area (Å²) >= 11 is 1.87. The number of methoxy groups -OCH3 is 1. The molecule has 2 bridgehead atoms. The maximum Gasteiger partial charge on any atom is 0.124 e. The molecule has 1 aliphatic carbocycles. The van der Waals surface area contributed by atoms with E-state index in [-0.39, 0.29) is 11.8 Å². The van der Waals surface area contributed by atoms with Gasteiger partial charge in [0.1, 0.15) is 11.4 Å². The average molecular weight is 473 g/mol. The Morgan fingerprint density at radius 3 is 2.09 bits per heavy atom. The molecule has 2 aliphatic heterocycles. The molecule has 4 nitrogen and oxygen atoms in total. The molecule has 2 unspecified atom stereocenters. The van der Waals surface area contributed by atoms with Gasteiger partial charge in [0.25, 0.3) is 0 Å². The summed E-state index contributed by atoms with van der Waals surface area (Å²) in [5.74, 6) is 1.33. The number of aliphatic hydroxyl groups is 1. The first-order valence-electron chi connectivity index (χ1n) is 12.4. The molecule has 2 atom stereocenters. The van der Waals surface area contributed by atoms with E-state index < -0.39 is 5.60 Å². The molecule has 1 saturated heterocycles. The predicted molar refractivity (Wildman–Crippen MR) is 138 cm³/mol. The van der Waals surface area contributed by atoms with E-state index in [2.05, 4.69) is 64.4 Å². The lowest BCUT2D eigenvalue weighted by atomic mass is 9.75. The molecule has 0 amide bonds. The summed E-state index contributed by atoms with van der Waals surface area (Å²) in [5.41, 5.74) is 2.83. The lowest BCUT2D eigenvalue weighted by molar-refractivity contribution is -0.0908. The Morgan fingerprint density at radius 2 is 1.44 bits per heavy atom. The second kappa shape index (κ2) is 8.95. The molecule has 5 heteroatoms. The van der Waals surface area contributed by atoms with Crippen molar-refractivity contribution in [2.45, 2.75) is 34.7 Å².